The number of benzene rings is 1. The molecule has 2 aromatic rings. The lowest BCUT2D eigenvalue weighted by atomic mass is 9.92. The van der Waals surface area contributed by atoms with E-state index >= 15 is 0 Å². The fraction of sp³-hybridized carbons (Fsp3) is 0.286. The van der Waals surface area contributed by atoms with E-state index in [4.69, 9.17) is 5.11 Å². The molecule has 0 aliphatic carbocycles. The van der Waals surface area contributed by atoms with E-state index in [1.54, 1.807) is 30.5 Å². The highest BCUT2D eigenvalue weighted by Crippen LogP contribution is 2.24. The van der Waals surface area contributed by atoms with Gasteiger partial charge in [-0.25, -0.2) is 9.48 Å². The molecule has 0 fully saturated rings. The van der Waals surface area contributed by atoms with Crippen molar-refractivity contribution >= 4 is 5.97 Å². The summed E-state index contributed by atoms with van der Waals surface area (Å²) in [6, 6.07) is 8.69. The molecule has 0 saturated carbocycles. The average Bonchev–Trinajstić information content (AvgIpc) is 2.77. The summed E-state index contributed by atoms with van der Waals surface area (Å²) >= 11 is 0. The fourth-order valence-corrected chi connectivity index (χ4v) is 1.82. The summed E-state index contributed by atoms with van der Waals surface area (Å²) in [7, 11) is 0. The molecule has 1 aromatic carbocycles. The van der Waals surface area contributed by atoms with E-state index in [-0.39, 0.29) is 11.0 Å². The van der Waals surface area contributed by atoms with Crippen LogP contribution in [0.5, 0.6) is 0 Å². The van der Waals surface area contributed by atoms with Gasteiger partial charge in [-0.3, -0.25) is 0 Å². The molecule has 4 heteroatoms. The molecule has 18 heavy (non-hydrogen) atoms. The lowest BCUT2D eigenvalue weighted by Gasteiger charge is -2.20. The summed E-state index contributed by atoms with van der Waals surface area (Å²) in [6.07, 6.45) is 1.76. The van der Waals surface area contributed by atoms with Crippen LogP contribution in [0, 0.1) is 0 Å². The van der Waals surface area contributed by atoms with Crippen LogP contribution >= 0.6 is 0 Å². The van der Waals surface area contributed by atoms with E-state index in [1.807, 2.05) is 10.7 Å². The summed E-state index contributed by atoms with van der Waals surface area (Å²) in [5.74, 6) is -0.918. The fourth-order valence-electron chi connectivity index (χ4n) is 1.82. The molecule has 0 saturated heterocycles. The maximum Gasteiger partial charge on any atom is 0.335 e. The minimum atomic E-state index is -0.918. The first kappa shape index (κ1) is 12.4. The van der Waals surface area contributed by atoms with Gasteiger partial charge < -0.3 is 5.11 Å². The van der Waals surface area contributed by atoms with Gasteiger partial charge in [0.25, 0.3) is 0 Å². The van der Waals surface area contributed by atoms with Crippen molar-refractivity contribution in [3.05, 3.63) is 47.8 Å². The molecule has 0 unspecified atom stereocenters. The molecular weight excluding hydrogens is 228 g/mol. The zero-order chi connectivity index (χ0) is 13.3. The van der Waals surface area contributed by atoms with Crippen LogP contribution < -0.4 is 0 Å². The molecule has 0 aliphatic rings. The number of rotatable bonds is 2. The highest BCUT2D eigenvalue weighted by atomic mass is 16.4. The molecule has 1 aromatic heterocycles. The maximum atomic E-state index is 10.8. The predicted octanol–water partition coefficient (Wildman–Crippen LogP) is 2.87. The average molecular weight is 244 g/mol. The van der Waals surface area contributed by atoms with Gasteiger partial charge in [0.2, 0.25) is 0 Å². The molecule has 0 amide bonds. The number of nitrogens with zero attached hydrogens (tertiary/aromatic N) is 2. The molecule has 94 valence electrons. The lowest BCUT2D eigenvalue weighted by molar-refractivity contribution is 0.0697. The smallest absolute Gasteiger partial charge is 0.335 e. The highest BCUT2D eigenvalue weighted by Gasteiger charge is 2.19. The maximum absolute atomic E-state index is 10.8. The van der Waals surface area contributed by atoms with Gasteiger partial charge in [0.15, 0.2) is 0 Å². The van der Waals surface area contributed by atoms with E-state index in [0.29, 0.717) is 0 Å². The molecule has 1 heterocycles. The van der Waals surface area contributed by atoms with Crippen molar-refractivity contribution in [3.8, 4) is 5.69 Å². The van der Waals surface area contributed by atoms with Gasteiger partial charge in [0.05, 0.1) is 11.3 Å². The molecule has 1 N–H and O–H groups in total. The summed E-state index contributed by atoms with van der Waals surface area (Å²) in [6.45, 7) is 6.35. The highest BCUT2D eigenvalue weighted by molar-refractivity contribution is 5.87. The van der Waals surface area contributed by atoms with Crippen molar-refractivity contribution in [2.24, 2.45) is 0 Å². The summed E-state index contributed by atoms with van der Waals surface area (Å²) in [4.78, 5) is 10.8. The van der Waals surface area contributed by atoms with Gasteiger partial charge in [-0.15, -0.1) is 0 Å². The first-order chi connectivity index (χ1) is 8.39. The molecular formula is C14H16N2O2. The van der Waals surface area contributed by atoms with Gasteiger partial charge in [-0.1, -0.05) is 20.8 Å². The van der Waals surface area contributed by atoms with Crippen LogP contribution in [0.25, 0.3) is 5.69 Å². The van der Waals surface area contributed by atoms with Gasteiger partial charge in [-0.2, -0.15) is 5.10 Å². The van der Waals surface area contributed by atoms with Crippen molar-refractivity contribution in [2.45, 2.75) is 26.2 Å². The van der Waals surface area contributed by atoms with Crippen molar-refractivity contribution in [3.63, 3.8) is 0 Å². The minimum absolute atomic E-state index is 0.0119. The number of carboxylic acid groups (broad SMARTS) is 1. The van der Waals surface area contributed by atoms with Crippen LogP contribution in [0.1, 0.15) is 36.8 Å². The van der Waals surface area contributed by atoms with Crippen molar-refractivity contribution in [1.29, 1.82) is 0 Å². The Hall–Kier alpha value is -2.10. The summed E-state index contributed by atoms with van der Waals surface area (Å²) in [5.41, 5.74) is 2.23. The molecule has 0 spiro atoms. The molecule has 4 nitrogen and oxygen atoms in total. The predicted molar refractivity (Wildman–Crippen MR) is 69.2 cm³/mol. The van der Waals surface area contributed by atoms with Crippen molar-refractivity contribution < 1.29 is 9.90 Å². The third-order valence-corrected chi connectivity index (χ3v) is 2.77. The van der Waals surface area contributed by atoms with E-state index < -0.39 is 5.97 Å². The Morgan fingerprint density at radius 2 is 1.78 bits per heavy atom. The molecule has 2 rings (SSSR count). The summed E-state index contributed by atoms with van der Waals surface area (Å²) < 4.78 is 1.84. The third kappa shape index (κ3) is 2.27. The minimum Gasteiger partial charge on any atom is -0.478 e. The molecule has 0 bridgehead atoms. The Labute approximate surface area is 106 Å². The van der Waals surface area contributed by atoms with Crippen LogP contribution in [-0.4, -0.2) is 20.9 Å². The molecule has 0 radical (unpaired) electrons. The van der Waals surface area contributed by atoms with Crippen molar-refractivity contribution in [2.75, 3.05) is 0 Å². The third-order valence-electron chi connectivity index (χ3n) is 2.77. The molecule has 0 atom stereocenters. The zero-order valence-corrected chi connectivity index (χ0v) is 10.7. The number of hydrogen-bond donors (Lipinski definition) is 1. The number of carboxylic acids is 1. The Balaban J connectivity index is 2.44. The van der Waals surface area contributed by atoms with E-state index in [1.165, 1.54) is 0 Å². The quantitative estimate of drug-likeness (QED) is 0.883. The summed E-state index contributed by atoms with van der Waals surface area (Å²) in [5, 5.41) is 13.2. The second-order valence-electron chi connectivity index (χ2n) is 5.23. The standard InChI is InChI=1S/C14H16N2O2/c1-14(2,3)12-8-9-15-16(12)11-6-4-10(5-7-11)13(17)18/h4-9H,1-3H3,(H,17,18). The van der Waals surface area contributed by atoms with Gasteiger partial charge in [0.1, 0.15) is 0 Å². The number of aromatic nitrogens is 2. The Morgan fingerprint density at radius 1 is 1.17 bits per heavy atom. The second-order valence-corrected chi connectivity index (χ2v) is 5.23. The van der Waals surface area contributed by atoms with E-state index in [2.05, 4.69) is 25.9 Å². The topological polar surface area (TPSA) is 55.1 Å². The number of carbonyl (C=O) groups is 1. The van der Waals surface area contributed by atoms with Gasteiger partial charge >= 0.3 is 5.97 Å². The molecule has 0 aliphatic heterocycles. The number of hydrogen-bond acceptors (Lipinski definition) is 2. The van der Waals surface area contributed by atoms with Crippen LogP contribution in [0.2, 0.25) is 0 Å². The van der Waals surface area contributed by atoms with Crippen LogP contribution in [0.3, 0.4) is 0 Å². The van der Waals surface area contributed by atoms with E-state index in [0.717, 1.165) is 11.4 Å². The largest absolute Gasteiger partial charge is 0.478 e. The first-order valence-electron chi connectivity index (χ1n) is 5.78. The van der Waals surface area contributed by atoms with Gasteiger partial charge in [0, 0.05) is 17.3 Å². The first-order valence-corrected chi connectivity index (χ1v) is 5.78. The lowest BCUT2D eigenvalue weighted by Crippen LogP contribution is -2.17. The Kier molecular flexibility index (Phi) is 2.95. The SMILES string of the molecule is CC(C)(C)c1ccnn1-c1ccc(C(=O)O)cc1. The normalized spacial score (nSPS) is 11.5. The van der Waals surface area contributed by atoms with Gasteiger partial charge in [-0.05, 0) is 30.3 Å². The van der Waals surface area contributed by atoms with E-state index in [9.17, 15) is 4.79 Å². The van der Waals surface area contributed by atoms with Crippen LogP contribution in [0.15, 0.2) is 36.5 Å². The number of aromatic carboxylic acids is 1. The zero-order valence-electron chi connectivity index (χ0n) is 10.7. The van der Waals surface area contributed by atoms with Crippen LogP contribution in [-0.2, 0) is 5.41 Å². The Bertz CT molecular complexity index is 562. The van der Waals surface area contributed by atoms with Crippen molar-refractivity contribution in [1.82, 2.24) is 9.78 Å². The Morgan fingerprint density at radius 3 is 2.28 bits per heavy atom. The second kappa shape index (κ2) is 4.29. The monoisotopic (exact) mass is 244 g/mol. The van der Waals surface area contributed by atoms with Crippen LogP contribution in [0.4, 0.5) is 0 Å².